The Morgan fingerprint density at radius 3 is 2.33 bits per heavy atom. The molecule has 6 nitrogen and oxygen atoms in total. The van der Waals surface area contributed by atoms with Crippen LogP contribution < -0.4 is 5.32 Å². The number of nitrogens with zero attached hydrogens (tertiary/aromatic N) is 1. The van der Waals surface area contributed by atoms with E-state index in [1.807, 2.05) is 11.6 Å². The molecule has 2 aliphatic heterocycles. The van der Waals surface area contributed by atoms with Crippen LogP contribution in [0, 0.1) is 0 Å². The smallest absolute Gasteiger partial charge is 0.416 e. The maximum atomic E-state index is 13.8. The molecule has 2 bridgehead atoms. The lowest BCUT2D eigenvalue weighted by Gasteiger charge is -2.24. The zero-order chi connectivity index (χ0) is 26.2. The molecule has 2 aliphatic rings. The third kappa shape index (κ3) is 4.00. The van der Waals surface area contributed by atoms with E-state index in [0.29, 0.717) is 16.9 Å². The standard InChI is InChI=1S/C26H27F3N2O4S/c1-25(2,3)35-24(32)23-20(36(33,34)16-8-5-14(6-9-16)26(27,28)29)12-11-18-22(23)21-17-10-7-15(30-17)13-19(21)31(18)4/h5-6,8-9,11-12,15,17,30H,7,10,13H2,1-4H3. The number of aryl methyl sites for hydroxylation is 1. The highest BCUT2D eigenvalue weighted by atomic mass is 32.2. The molecule has 0 saturated carbocycles. The van der Waals surface area contributed by atoms with Crippen molar-refractivity contribution < 1.29 is 31.1 Å². The molecule has 3 aromatic rings. The maximum Gasteiger partial charge on any atom is 0.416 e. The summed E-state index contributed by atoms with van der Waals surface area (Å²) < 4.78 is 74.3. The van der Waals surface area contributed by atoms with E-state index >= 15 is 0 Å². The Hall–Kier alpha value is -2.85. The summed E-state index contributed by atoms with van der Waals surface area (Å²) in [5.74, 6) is -0.785. The van der Waals surface area contributed by atoms with Crippen molar-refractivity contribution in [2.45, 2.75) is 73.7 Å². The molecule has 0 aliphatic carbocycles. The second-order valence-corrected chi connectivity index (χ2v) is 12.4. The van der Waals surface area contributed by atoms with E-state index in [9.17, 15) is 26.4 Å². The molecule has 1 aromatic heterocycles. The number of carbonyl (C=O) groups excluding carboxylic acids is 1. The van der Waals surface area contributed by atoms with Gasteiger partial charge in [0, 0.05) is 42.1 Å². The zero-order valence-electron chi connectivity index (χ0n) is 20.4. The summed E-state index contributed by atoms with van der Waals surface area (Å²) in [6.07, 6.45) is -2.00. The summed E-state index contributed by atoms with van der Waals surface area (Å²) in [5, 5.41) is 4.08. The number of fused-ring (bicyclic) bond motifs is 6. The zero-order valence-corrected chi connectivity index (χ0v) is 21.2. The lowest BCUT2D eigenvalue weighted by Crippen LogP contribution is -2.32. The molecule has 3 heterocycles. The molecular formula is C26H27F3N2O4S. The molecule has 10 heteroatoms. The fourth-order valence-electron chi connectivity index (χ4n) is 5.36. The van der Waals surface area contributed by atoms with Crippen LogP contribution in [0.15, 0.2) is 46.2 Å². The fourth-order valence-corrected chi connectivity index (χ4v) is 6.81. The minimum atomic E-state index is -4.60. The van der Waals surface area contributed by atoms with Crippen LogP contribution in [0.4, 0.5) is 13.2 Å². The van der Waals surface area contributed by atoms with Gasteiger partial charge in [0.2, 0.25) is 9.84 Å². The molecule has 2 aromatic carbocycles. The number of halogens is 3. The SMILES string of the molecule is Cn1c2c(c3c(C(=O)OC(C)(C)C)c(S(=O)(=O)c4ccc(C(F)(F)F)cc4)ccc31)C1CCC(C2)N1. The van der Waals surface area contributed by atoms with E-state index in [1.54, 1.807) is 26.8 Å². The quantitative estimate of drug-likeness (QED) is 0.472. The number of esters is 1. The van der Waals surface area contributed by atoms with Crippen molar-refractivity contribution in [2.24, 2.45) is 7.05 Å². The number of sulfone groups is 1. The van der Waals surface area contributed by atoms with Gasteiger partial charge >= 0.3 is 12.1 Å². The van der Waals surface area contributed by atoms with Crippen LogP contribution in [0.25, 0.3) is 10.9 Å². The molecule has 0 radical (unpaired) electrons. The monoisotopic (exact) mass is 520 g/mol. The van der Waals surface area contributed by atoms with Crippen molar-refractivity contribution in [3.8, 4) is 0 Å². The minimum absolute atomic E-state index is 0.0207. The molecule has 1 N–H and O–H groups in total. The summed E-state index contributed by atoms with van der Waals surface area (Å²) in [4.78, 5) is 13.0. The normalized spacial score (nSPS) is 20.0. The number of carbonyl (C=O) groups is 1. The van der Waals surface area contributed by atoms with Gasteiger partial charge in [-0.3, -0.25) is 0 Å². The first-order chi connectivity index (χ1) is 16.7. The van der Waals surface area contributed by atoms with Crippen molar-refractivity contribution >= 4 is 26.7 Å². The second kappa shape index (κ2) is 8.08. The molecule has 36 heavy (non-hydrogen) atoms. The lowest BCUT2D eigenvalue weighted by atomic mass is 9.96. The van der Waals surface area contributed by atoms with E-state index in [1.165, 1.54) is 6.07 Å². The Labute approximate surface area is 207 Å². The van der Waals surface area contributed by atoms with Crippen molar-refractivity contribution in [1.82, 2.24) is 9.88 Å². The topological polar surface area (TPSA) is 77.4 Å². The Morgan fingerprint density at radius 2 is 1.72 bits per heavy atom. The first kappa shape index (κ1) is 24.8. The fraction of sp³-hybridized carbons (Fsp3) is 0.423. The number of alkyl halides is 3. The number of nitrogens with one attached hydrogen (secondary N) is 1. The number of benzene rings is 2. The summed E-state index contributed by atoms with van der Waals surface area (Å²) >= 11 is 0. The average molecular weight is 521 g/mol. The number of hydrogen-bond donors (Lipinski definition) is 1. The predicted octanol–water partition coefficient (Wildman–Crippen LogP) is 5.33. The molecule has 1 saturated heterocycles. The first-order valence-corrected chi connectivity index (χ1v) is 13.2. The van der Waals surface area contributed by atoms with Crippen LogP contribution in [-0.4, -0.2) is 30.6 Å². The van der Waals surface area contributed by atoms with Crippen molar-refractivity contribution in [3.05, 3.63) is 58.8 Å². The number of hydrogen-bond acceptors (Lipinski definition) is 5. The Balaban J connectivity index is 1.77. The Bertz CT molecular complexity index is 1480. The van der Waals surface area contributed by atoms with Crippen LogP contribution in [0.1, 0.15) is 66.8 Å². The number of aromatic nitrogens is 1. The highest BCUT2D eigenvalue weighted by molar-refractivity contribution is 7.91. The number of ether oxygens (including phenoxy) is 1. The van der Waals surface area contributed by atoms with Gasteiger partial charge < -0.3 is 14.6 Å². The third-order valence-electron chi connectivity index (χ3n) is 6.90. The first-order valence-electron chi connectivity index (χ1n) is 11.7. The minimum Gasteiger partial charge on any atom is -0.456 e. The van der Waals surface area contributed by atoms with E-state index in [0.717, 1.165) is 54.8 Å². The van der Waals surface area contributed by atoms with Gasteiger partial charge in [0.05, 0.1) is 20.9 Å². The van der Waals surface area contributed by atoms with Gasteiger partial charge in [-0.15, -0.1) is 0 Å². The van der Waals surface area contributed by atoms with Crippen molar-refractivity contribution in [3.63, 3.8) is 0 Å². The Kier molecular flexibility index (Phi) is 5.57. The van der Waals surface area contributed by atoms with Gasteiger partial charge in [0.15, 0.2) is 0 Å². The molecule has 192 valence electrons. The van der Waals surface area contributed by atoms with Crippen LogP contribution in [0.2, 0.25) is 0 Å². The lowest BCUT2D eigenvalue weighted by molar-refractivity contribution is -0.137. The van der Waals surface area contributed by atoms with Gasteiger partial charge in [-0.2, -0.15) is 13.2 Å². The predicted molar refractivity (Wildman–Crippen MR) is 128 cm³/mol. The third-order valence-corrected chi connectivity index (χ3v) is 8.72. The maximum absolute atomic E-state index is 13.8. The van der Waals surface area contributed by atoms with Crippen LogP contribution >= 0.6 is 0 Å². The van der Waals surface area contributed by atoms with Gasteiger partial charge in [-0.1, -0.05) is 0 Å². The molecule has 0 amide bonds. The molecular weight excluding hydrogens is 493 g/mol. The number of rotatable bonds is 3. The molecule has 0 spiro atoms. The molecule has 5 rings (SSSR count). The van der Waals surface area contributed by atoms with E-state index in [4.69, 9.17) is 4.74 Å². The van der Waals surface area contributed by atoms with Crippen LogP contribution in [0.5, 0.6) is 0 Å². The summed E-state index contributed by atoms with van der Waals surface area (Å²) in [7, 11) is -2.46. The molecule has 2 unspecified atom stereocenters. The molecule has 2 atom stereocenters. The summed E-state index contributed by atoms with van der Waals surface area (Å²) in [6.45, 7) is 5.08. The highest BCUT2D eigenvalue weighted by Crippen LogP contribution is 2.44. The van der Waals surface area contributed by atoms with E-state index < -0.39 is 33.1 Å². The van der Waals surface area contributed by atoms with Gasteiger partial charge in [0.25, 0.3) is 0 Å². The van der Waals surface area contributed by atoms with E-state index in [-0.39, 0.29) is 21.4 Å². The van der Waals surface area contributed by atoms with Crippen molar-refractivity contribution in [2.75, 3.05) is 0 Å². The average Bonchev–Trinajstić information content (AvgIpc) is 3.30. The van der Waals surface area contributed by atoms with Crippen LogP contribution in [0.3, 0.4) is 0 Å². The van der Waals surface area contributed by atoms with Gasteiger partial charge in [-0.05, 0) is 75.6 Å². The van der Waals surface area contributed by atoms with Crippen molar-refractivity contribution in [1.29, 1.82) is 0 Å². The largest absolute Gasteiger partial charge is 0.456 e. The highest BCUT2D eigenvalue weighted by Gasteiger charge is 2.40. The Morgan fingerprint density at radius 1 is 1.06 bits per heavy atom. The summed E-state index contributed by atoms with van der Waals surface area (Å²) in [5.41, 5.74) is 0.730. The van der Waals surface area contributed by atoms with E-state index in [2.05, 4.69) is 5.32 Å². The molecule has 1 fully saturated rings. The summed E-state index contributed by atoms with van der Waals surface area (Å²) in [6, 6.07) is 6.61. The van der Waals surface area contributed by atoms with Gasteiger partial charge in [-0.25, -0.2) is 13.2 Å². The van der Waals surface area contributed by atoms with Gasteiger partial charge in [0.1, 0.15) is 5.60 Å². The van der Waals surface area contributed by atoms with Crippen LogP contribution in [-0.2, 0) is 34.2 Å². The second-order valence-electron chi connectivity index (χ2n) is 10.5.